The van der Waals surface area contributed by atoms with Gasteiger partial charge in [-0.2, -0.15) is 5.26 Å². The zero-order chi connectivity index (χ0) is 13.8. The first-order valence-electron chi connectivity index (χ1n) is 5.45. The van der Waals surface area contributed by atoms with Gasteiger partial charge in [0.1, 0.15) is 5.75 Å². The highest BCUT2D eigenvalue weighted by atomic mass is 19.1. The number of nitrogens with two attached hydrogens (primary N) is 1. The molecule has 0 fully saturated rings. The van der Waals surface area contributed by atoms with Crippen LogP contribution in [0.15, 0.2) is 36.4 Å². The molecule has 0 aliphatic carbocycles. The second kappa shape index (κ2) is 5.27. The SMILES string of the molecule is COc1cc(Oc2cccc(C#N)c2)c(N)cc1F. The predicted molar refractivity (Wildman–Crippen MR) is 68.6 cm³/mol. The first kappa shape index (κ1) is 12.7. The molecule has 0 unspecified atom stereocenters. The average molecular weight is 258 g/mol. The van der Waals surface area contributed by atoms with Crippen LogP contribution >= 0.6 is 0 Å². The summed E-state index contributed by atoms with van der Waals surface area (Å²) in [5, 5.41) is 8.80. The monoisotopic (exact) mass is 258 g/mol. The van der Waals surface area contributed by atoms with E-state index in [9.17, 15) is 4.39 Å². The number of anilines is 1. The molecule has 4 nitrogen and oxygen atoms in total. The van der Waals surface area contributed by atoms with Crippen molar-refractivity contribution in [2.24, 2.45) is 0 Å². The van der Waals surface area contributed by atoms with E-state index in [4.69, 9.17) is 20.5 Å². The Bertz CT molecular complexity index is 650. The van der Waals surface area contributed by atoms with Gasteiger partial charge in [-0.3, -0.25) is 0 Å². The van der Waals surface area contributed by atoms with Crippen LogP contribution in [0.5, 0.6) is 17.2 Å². The lowest BCUT2D eigenvalue weighted by Crippen LogP contribution is -1.96. The van der Waals surface area contributed by atoms with Gasteiger partial charge >= 0.3 is 0 Å². The van der Waals surface area contributed by atoms with Gasteiger partial charge in [0.05, 0.1) is 24.4 Å². The maximum atomic E-state index is 13.4. The molecule has 0 aromatic heterocycles. The Balaban J connectivity index is 2.35. The van der Waals surface area contributed by atoms with Gasteiger partial charge in [-0.15, -0.1) is 0 Å². The first-order chi connectivity index (χ1) is 9.13. The molecule has 2 aromatic carbocycles. The summed E-state index contributed by atoms with van der Waals surface area (Å²) in [4.78, 5) is 0. The Kier molecular flexibility index (Phi) is 3.53. The van der Waals surface area contributed by atoms with E-state index >= 15 is 0 Å². The van der Waals surface area contributed by atoms with Crippen LogP contribution in [0.4, 0.5) is 10.1 Å². The van der Waals surface area contributed by atoms with E-state index in [0.29, 0.717) is 11.3 Å². The summed E-state index contributed by atoms with van der Waals surface area (Å²) in [5.74, 6) is 0.200. The molecular weight excluding hydrogens is 247 g/mol. The zero-order valence-electron chi connectivity index (χ0n) is 10.2. The molecule has 0 saturated heterocycles. The van der Waals surface area contributed by atoms with Crippen molar-refractivity contribution in [2.75, 3.05) is 12.8 Å². The van der Waals surface area contributed by atoms with Crippen LogP contribution in [0, 0.1) is 17.1 Å². The number of nitrogen functional groups attached to an aromatic ring is 1. The van der Waals surface area contributed by atoms with Crippen molar-refractivity contribution in [3.63, 3.8) is 0 Å². The van der Waals surface area contributed by atoms with Gasteiger partial charge in [-0.05, 0) is 18.2 Å². The van der Waals surface area contributed by atoms with Crippen molar-refractivity contribution in [1.82, 2.24) is 0 Å². The maximum absolute atomic E-state index is 13.4. The highest BCUT2D eigenvalue weighted by molar-refractivity contribution is 5.57. The molecule has 0 radical (unpaired) electrons. The third kappa shape index (κ3) is 2.75. The molecule has 0 spiro atoms. The van der Waals surface area contributed by atoms with Crippen molar-refractivity contribution in [3.8, 4) is 23.3 Å². The van der Waals surface area contributed by atoms with E-state index in [2.05, 4.69) is 0 Å². The Morgan fingerprint density at radius 3 is 2.68 bits per heavy atom. The third-order valence-electron chi connectivity index (χ3n) is 2.48. The van der Waals surface area contributed by atoms with E-state index in [-0.39, 0.29) is 17.2 Å². The van der Waals surface area contributed by atoms with Crippen LogP contribution in [0.2, 0.25) is 0 Å². The predicted octanol–water partition coefficient (Wildman–Crippen LogP) is 3.08. The Morgan fingerprint density at radius 1 is 1.21 bits per heavy atom. The van der Waals surface area contributed by atoms with E-state index in [1.165, 1.54) is 13.2 Å². The molecule has 5 heteroatoms. The summed E-state index contributed by atoms with van der Waals surface area (Å²) >= 11 is 0. The third-order valence-corrected chi connectivity index (χ3v) is 2.48. The van der Waals surface area contributed by atoms with Crippen LogP contribution in [0.25, 0.3) is 0 Å². The quantitative estimate of drug-likeness (QED) is 0.859. The van der Waals surface area contributed by atoms with Crippen LogP contribution in [0.3, 0.4) is 0 Å². The minimum Gasteiger partial charge on any atom is -0.494 e. The molecule has 2 rings (SSSR count). The topological polar surface area (TPSA) is 68.3 Å². The van der Waals surface area contributed by atoms with E-state index in [1.807, 2.05) is 6.07 Å². The minimum atomic E-state index is -0.557. The minimum absolute atomic E-state index is 0.0423. The fraction of sp³-hybridized carbons (Fsp3) is 0.0714. The highest BCUT2D eigenvalue weighted by Gasteiger charge is 2.10. The van der Waals surface area contributed by atoms with Gasteiger partial charge in [-0.25, -0.2) is 4.39 Å². The molecule has 19 heavy (non-hydrogen) atoms. The molecule has 0 atom stereocenters. The lowest BCUT2D eigenvalue weighted by Gasteiger charge is -2.11. The smallest absolute Gasteiger partial charge is 0.167 e. The summed E-state index contributed by atoms with van der Waals surface area (Å²) in [6.07, 6.45) is 0. The van der Waals surface area contributed by atoms with E-state index < -0.39 is 5.82 Å². The normalized spacial score (nSPS) is 9.74. The van der Waals surface area contributed by atoms with E-state index in [1.54, 1.807) is 24.3 Å². The second-order valence-electron chi connectivity index (χ2n) is 3.77. The summed E-state index contributed by atoms with van der Waals surface area (Å²) in [7, 11) is 1.36. The van der Waals surface area contributed by atoms with Gasteiger partial charge in [0.25, 0.3) is 0 Å². The maximum Gasteiger partial charge on any atom is 0.167 e. The summed E-state index contributed by atoms with van der Waals surface area (Å²) in [5.41, 5.74) is 6.29. The zero-order valence-corrected chi connectivity index (χ0v) is 10.2. The van der Waals surface area contributed by atoms with Crippen molar-refractivity contribution in [3.05, 3.63) is 47.8 Å². The number of hydrogen-bond acceptors (Lipinski definition) is 4. The fourth-order valence-corrected chi connectivity index (χ4v) is 1.55. The number of ether oxygens (including phenoxy) is 2. The Labute approximate surface area is 109 Å². The number of rotatable bonds is 3. The molecule has 0 amide bonds. The van der Waals surface area contributed by atoms with Gasteiger partial charge < -0.3 is 15.2 Å². The molecule has 2 aromatic rings. The molecule has 0 aliphatic rings. The molecule has 0 saturated carbocycles. The molecular formula is C14H11FN2O2. The second-order valence-corrected chi connectivity index (χ2v) is 3.77. The van der Waals surface area contributed by atoms with Crippen molar-refractivity contribution >= 4 is 5.69 Å². The van der Waals surface area contributed by atoms with Gasteiger partial charge in [0, 0.05) is 12.1 Å². The van der Waals surface area contributed by atoms with Crippen LogP contribution in [-0.2, 0) is 0 Å². The molecule has 2 N–H and O–H groups in total. The highest BCUT2D eigenvalue weighted by Crippen LogP contribution is 2.33. The lowest BCUT2D eigenvalue weighted by atomic mass is 10.2. The van der Waals surface area contributed by atoms with Gasteiger partial charge in [0.2, 0.25) is 0 Å². The van der Waals surface area contributed by atoms with Gasteiger partial charge in [-0.1, -0.05) is 6.07 Å². The first-order valence-corrected chi connectivity index (χ1v) is 5.45. The molecule has 0 bridgehead atoms. The largest absolute Gasteiger partial charge is 0.494 e. The van der Waals surface area contributed by atoms with Crippen LogP contribution in [-0.4, -0.2) is 7.11 Å². The fourth-order valence-electron chi connectivity index (χ4n) is 1.55. The number of nitrogens with zero attached hydrogens (tertiary/aromatic N) is 1. The number of halogens is 1. The molecule has 0 heterocycles. The lowest BCUT2D eigenvalue weighted by molar-refractivity contribution is 0.382. The van der Waals surface area contributed by atoms with Crippen molar-refractivity contribution < 1.29 is 13.9 Å². The number of nitriles is 1. The summed E-state index contributed by atoms with van der Waals surface area (Å²) in [6, 6.07) is 11.1. The van der Waals surface area contributed by atoms with Crippen molar-refractivity contribution in [2.45, 2.75) is 0 Å². The number of methoxy groups -OCH3 is 1. The standard InChI is InChI=1S/C14H11FN2O2/c1-18-13-7-14(12(17)6-11(13)15)19-10-4-2-3-9(5-10)8-16/h2-7H,17H2,1H3. The summed E-state index contributed by atoms with van der Waals surface area (Å²) in [6.45, 7) is 0. The Morgan fingerprint density at radius 2 is 2.00 bits per heavy atom. The van der Waals surface area contributed by atoms with Gasteiger partial charge in [0.15, 0.2) is 17.3 Å². The van der Waals surface area contributed by atoms with E-state index in [0.717, 1.165) is 6.07 Å². The Hall–Kier alpha value is -2.74. The molecule has 96 valence electrons. The number of hydrogen-bond donors (Lipinski definition) is 1. The van der Waals surface area contributed by atoms with Crippen molar-refractivity contribution in [1.29, 1.82) is 5.26 Å². The van der Waals surface area contributed by atoms with Crippen LogP contribution < -0.4 is 15.2 Å². The average Bonchev–Trinajstić information content (AvgIpc) is 2.42. The summed E-state index contributed by atoms with van der Waals surface area (Å²) < 4.78 is 23.8. The van der Waals surface area contributed by atoms with Crippen LogP contribution in [0.1, 0.15) is 5.56 Å². The number of benzene rings is 2. The molecule has 0 aliphatic heterocycles.